The molecule has 0 aliphatic carbocycles. The smallest absolute Gasteiger partial charge is 0.355 e. The average Bonchev–Trinajstić information content (AvgIpc) is 3.36. The molecule has 15 nitrogen and oxygen atoms in total. The molecule has 7 unspecified atom stereocenters. The molecule has 0 aliphatic rings. The third-order valence-corrected chi connectivity index (χ3v) is 8.96. The van der Waals surface area contributed by atoms with Gasteiger partial charge in [-0.05, 0) is 48.5 Å². The predicted molar refractivity (Wildman–Crippen MR) is 186 cm³/mol. The molecule has 0 aliphatic heterocycles. The quantitative estimate of drug-likeness (QED) is 0.0859. The SMILES string of the molecule is CCC(C)C(NC(=O)C(CCSC)NC=O)C(=O)NC(C(=O)NC(C(=O)NC(CC(C)C)C(=O)On1c(O)ccc1O)C(C)CC)C(C)C. The Kier molecular flexibility index (Phi) is 18.6. The normalized spacial score (nSPS) is 15.6. The molecule has 0 bridgehead atoms. The van der Waals surface area contributed by atoms with Gasteiger partial charge >= 0.3 is 5.97 Å². The van der Waals surface area contributed by atoms with Crippen LogP contribution in [0.4, 0.5) is 0 Å². The summed E-state index contributed by atoms with van der Waals surface area (Å²) in [6.45, 7) is 14.4. The highest BCUT2D eigenvalue weighted by atomic mass is 32.2. The number of hydrogen-bond donors (Lipinski definition) is 7. The Labute approximate surface area is 293 Å². The van der Waals surface area contributed by atoms with Crippen LogP contribution in [0.15, 0.2) is 12.1 Å². The third kappa shape index (κ3) is 13.5. The zero-order valence-electron chi connectivity index (χ0n) is 30.1. The Morgan fingerprint density at radius 3 is 1.69 bits per heavy atom. The van der Waals surface area contributed by atoms with Crippen LogP contribution in [0.5, 0.6) is 11.8 Å². The van der Waals surface area contributed by atoms with Crippen molar-refractivity contribution in [2.24, 2.45) is 23.7 Å². The maximum atomic E-state index is 13.7. The Hall–Kier alpha value is -3.95. The summed E-state index contributed by atoms with van der Waals surface area (Å²) in [5, 5.41) is 33.2. The second-order valence-electron chi connectivity index (χ2n) is 13.0. The zero-order chi connectivity index (χ0) is 37.4. The summed E-state index contributed by atoms with van der Waals surface area (Å²) in [6, 6.07) is -2.97. The van der Waals surface area contributed by atoms with Crippen molar-refractivity contribution in [3.05, 3.63) is 12.1 Å². The lowest BCUT2D eigenvalue weighted by atomic mass is 9.94. The highest BCUT2D eigenvalue weighted by Crippen LogP contribution is 2.20. The van der Waals surface area contributed by atoms with Gasteiger partial charge in [-0.15, -0.1) is 4.73 Å². The Balaban J connectivity index is 3.22. The van der Waals surface area contributed by atoms with Gasteiger partial charge in [0, 0.05) is 12.1 Å². The number of aromatic nitrogens is 1. The molecule has 16 heteroatoms. The molecule has 0 aromatic carbocycles. The number of amides is 5. The van der Waals surface area contributed by atoms with Crippen LogP contribution >= 0.6 is 11.8 Å². The Morgan fingerprint density at radius 1 is 0.776 bits per heavy atom. The van der Waals surface area contributed by atoms with Crippen molar-refractivity contribution in [2.75, 3.05) is 12.0 Å². The number of aromatic hydroxyl groups is 2. The lowest BCUT2D eigenvalue weighted by Gasteiger charge is -2.31. The second-order valence-corrected chi connectivity index (χ2v) is 14.0. The summed E-state index contributed by atoms with van der Waals surface area (Å²) < 4.78 is 0.532. The molecule has 1 aromatic rings. The van der Waals surface area contributed by atoms with Crippen LogP contribution in [0.2, 0.25) is 0 Å². The fourth-order valence-electron chi connectivity index (χ4n) is 4.88. The highest BCUT2D eigenvalue weighted by Gasteiger charge is 2.36. The Bertz CT molecular complexity index is 1240. The molecule has 5 amide bonds. The van der Waals surface area contributed by atoms with Crippen LogP contribution < -0.4 is 31.4 Å². The van der Waals surface area contributed by atoms with Gasteiger partial charge < -0.3 is 41.6 Å². The monoisotopic (exact) mass is 712 g/mol. The van der Waals surface area contributed by atoms with Crippen molar-refractivity contribution in [3.63, 3.8) is 0 Å². The lowest BCUT2D eigenvalue weighted by Crippen LogP contribution is -2.61. The van der Waals surface area contributed by atoms with E-state index < -0.39 is 83.4 Å². The maximum Gasteiger partial charge on any atom is 0.355 e. The molecule has 1 heterocycles. The molecule has 1 rings (SSSR count). The summed E-state index contributed by atoms with van der Waals surface area (Å²) in [7, 11) is 0. The summed E-state index contributed by atoms with van der Waals surface area (Å²) in [5.41, 5.74) is 0. The van der Waals surface area contributed by atoms with Crippen LogP contribution in [0.3, 0.4) is 0 Å². The van der Waals surface area contributed by atoms with E-state index in [0.717, 1.165) is 12.1 Å². The molecule has 7 N–H and O–H groups in total. The molecule has 0 saturated heterocycles. The van der Waals surface area contributed by atoms with Crippen LogP contribution in [-0.4, -0.2) is 93.2 Å². The fourth-order valence-corrected chi connectivity index (χ4v) is 5.35. The number of carbonyl (C=O) groups excluding carboxylic acids is 6. The average molecular weight is 713 g/mol. The van der Waals surface area contributed by atoms with Gasteiger partial charge in [-0.2, -0.15) is 11.8 Å². The minimum Gasteiger partial charge on any atom is -0.492 e. The number of nitrogens with zero attached hydrogens (tertiary/aromatic N) is 1. The van der Waals surface area contributed by atoms with Crippen molar-refractivity contribution >= 4 is 47.8 Å². The van der Waals surface area contributed by atoms with Crippen LogP contribution in [0.25, 0.3) is 0 Å². The van der Waals surface area contributed by atoms with Gasteiger partial charge in [-0.25, -0.2) is 4.79 Å². The minimum atomic E-state index is -1.19. The Morgan fingerprint density at radius 2 is 1.24 bits per heavy atom. The van der Waals surface area contributed by atoms with Gasteiger partial charge in [-0.3, -0.25) is 24.0 Å². The highest BCUT2D eigenvalue weighted by molar-refractivity contribution is 7.98. The third-order valence-electron chi connectivity index (χ3n) is 8.32. The van der Waals surface area contributed by atoms with E-state index >= 15 is 0 Å². The largest absolute Gasteiger partial charge is 0.492 e. The summed E-state index contributed by atoms with van der Waals surface area (Å²) in [6.07, 6.45) is 3.85. The molecule has 1 aromatic heterocycles. The van der Waals surface area contributed by atoms with Crippen molar-refractivity contribution < 1.29 is 43.8 Å². The first-order valence-corrected chi connectivity index (χ1v) is 18.1. The molecule has 0 radical (unpaired) electrons. The van der Waals surface area contributed by atoms with E-state index in [2.05, 4.69) is 26.6 Å². The van der Waals surface area contributed by atoms with Crippen LogP contribution in [0, 0.1) is 23.7 Å². The first-order valence-electron chi connectivity index (χ1n) is 16.7. The van der Waals surface area contributed by atoms with E-state index in [4.69, 9.17) is 4.84 Å². The van der Waals surface area contributed by atoms with Gasteiger partial charge in [0.15, 0.2) is 0 Å². The maximum absolute atomic E-state index is 13.7. The number of rotatable bonds is 22. The van der Waals surface area contributed by atoms with E-state index in [9.17, 15) is 39.0 Å². The summed E-state index contributed by atoms with van der Waals surface area (Å²) in [5.74, 6) is -4.98. The number of carbonyl (C=O) groups is 6. The second kappa shape index (κ2) is 21.2. The molecule has 49 heavy (non-hydrogen) atoms. The van der Waals surface area contributed by atoms with Crippen molar-refractivity contribution in [1.29, 1.82) is 0 Å². The topological polar surface area (TPSA) is 217 Å². The summed E-state index contributed by atoms with van der Waals surface area (Å²) >= 11 is 1.51. The molecule has 7 atom stereocenters. The molecule has 0 spiro atoms. The number of hydrogen-bond acceptors (Lipinski definition) is 10. The van der Waals surface area contributed by atoms with E-state index in [1.54, 1.807) is 27.7 Å². The van der Waals surface area contributed by atoms with E-state index in [-0.39, 0.29) is 18.3 Å². The predicted octanol–water partition coefficient (Wildman–Crippen LogP) is 1.46. The summed E-state index contributed by atoms with van der Waals surface area (Å²) in [4.78, 5) is 83.5. The van der Waals surface area contributed by atoms with E-state index in [0.29, 0.717) is 36.2 Å². The van der Waals surface area contributed by atoms with Crippen LogP contribution in [0.1, 0.15) is 81.1 Å². The zero-order valence-corrected chi connectivity index (χ0v) is 30.9. The molecular formula is C33H56N6O9S. The minimum absolute atomic E-state index is 0.0733. The van der Waals surface area contributed by atoms with Crippen molar-refractivity contribution in [1.82, 2.24) is 31.3 Å². The fraction of sp³-hybridized carbons (Fsp3) is 0.697. The van der Waals surface area contributed by atoms with Crippen molar-refractivity contribution in [3.8, 4) is 11.8 Å². The van der Waals surface area contributed by atoms with Gasteiger partial charge in [0.05, 0.1) is 0 Å². The first-order chi connectivity index (χ1) is 23.0. The number of thioether (sulfide) groups is 1. The van der Waals surface area contributed by atoms with E-state index in [1.807, 2.05) is 34.0 Å². The van der Waals surface area contributed by atoms with Gasteiger partial charge in [0.25, 0.3) is 0 Å². The van der Waals surface area contributed by atoms with E-state index in [1.165, 1.54) is 11.8 Å². The van der Waals surface area contributed by atoms with Crippen molar-refractivity contribution in [2.45, 2.75) is 111 Å². The standard InChI is InChI=1S/C33H56N6O9S/c1-10-20(7)27(31(45)35-23(16-18(3)4)33(47)48-39-24(41)12-13-25(39)42)38-30(44)26(19(5)6)36-32(46)28(21(8)11-2)37-29(43)22(34-17-40)14-15-49-9/h12-13,17-23,26-28,41-42H,10-11,14-16H2,1-9H3,(H,34,40)(H,35,45)(H,36,46)(H,37,43)(H,38,44). The molecule has 278 valence electrons. The molecule has 0 fully saturated rings. The van der Waals surface area contributed by atoms with Gasteiger partial charge in [-0.1, -0.05) is 68.2 Å². The van der Waals surface area contributed by atoms with Gasteiger partial charge in [0.1, 0.15) is 30.2 Å². The first kappa shape index (κ1) is 43.1. The van der Waals surface area contributed by atoms with Gasteiger partial charge in [0.2, 0.25) is 41.8 Å². The van der Waals surface area contributed by atoms with Crippen LogP contribution in [-0.2, 0) is 28.8 Å². The molecule has 0 saturated carbocycles. The molecular weight excluding hydrogens is 656 g/mol. The lowest BCUT2D eigenvalue weighted by molar-refractivity contribution is -0.150. The number of nitrogens with one attached hydrogen (secondary N) is 5.